The van der Waals surface area contributed by atoms with Crippen LogP contribution in [-0.2, 0) is 6.54 Å². The molecule has 0 saturated carbocycles. The Morgan fingerprint density at radius 3 is 2.65 bits per heavy atom. The number of rotatable bonds is 3. The largest absolute Gasteiger partial charge is 0.327 e. The van der Waals surface area contributed by atoms with Gasteiger partial charge in [0, 0.05) is 23.0 Å². The van der Waals surface area contributed by atoms with Crippen molar-refractivity contribution in [1.82, 2.24) is 4.90 Å². The van der Waals surface area contributed by atoms with E-state index in [4.69, 9.17) is 11.6 Å². The van der Waals surface area contributed by atoms with Gasteiger partial charge in [0.15, 0.2) is 5.17 Å². The smallest absolute Gasteiger partial charge is 0.307 e. The van der Waals surface area contributed by atoms with E-state index in [1.165, 1.54) is 0 Å². The van der Waals surface area contributed by atoms with E-state index in [-0.39, 0.29) is 6.03 Å². The fourth-order valence-corrected chi connectivity index (χ4v) is 3.26. The highest BCUT2D eigenvalue weighted by Gasteiger charge is 2.25. The van der Waals surface area contributed by atoms with E-state index < -0.39 is 0 Å². The number of benzene rings is 2. The first kappa shape index (κ1) is 15.9. The van der Waals surface area contributed by atoms with Crippen molar-refractivity contribution >= 4 is 40.2 Å². The third kappa shape index (κ3) is 4.27. The van der Waals surface area contributed by atoms with Gasteiger partial charge in [-0.15, -0.1) is 0 Å². The van der Waals surface area contributed by atoms with Gasteiger partial charge in [0.25, 0.3) is 0 Å². The molecule has 23 heavy (non-hydrogen) atoms. The molecule has 1 aliphatic heterocycles. The summed E-state index contributed by atoms with van der Waals surface area (Å²) < 4.78 is 0. The second-order valence-electron chi connectivity index (χ2n) is 5.02. The molecule has 3 rings (SSSR count). The highest BCUT2D eigenvalue weighted by atomic mass is 35.5. The van der Waals surface area contributed by atoms with Crippen LogP contribution in [0.15, 0.2) is 59.6 Å². The van der Waals surface area contributed by atoms with Crippen LogP contribution in [0.4, 0.5) is 10.5 Å². The third-order valence-electron chi connectivity index (χ3n) is 3.36. The average molecular weight is 346 g/mol. The molecule has 0 bridgehead atoms. The van der Waals surface area contributed by atoms with Gasteiger partial charge in [-0.1, -0.05) is 53.7 Å². The zero-order valence-electron chi connectivity index (χ0n) is 12.4. The van der Waals surface area contributed by atoms with Crippen LogP contribution in [0.1, 0.15) is 5.56 Å². The number of thioether (sulfide) groups is 1. The molecule has 1 fully saturated rings. The summed E-state index contributed by atoms with van der Waals surface area (Å²) in [6.45, 7) is 1.24. The van der Waals surface area contributed by atoms with Gasteiger partial charge in [-0.2, -0.15) is 0 Å². The number of carbonyl (C=O) groups excluding carboxylic acids is 1. The second-order valence-corrected chi connectivity index (χ2v) is 6.52. The van der Waals surface area contributed by atoms with Gasteiger partial charge in [-0.25, -0.2) is 4.79 Å². The summed E-state index contributed by atoms with van der Waals surface area (Å²) in [7, 11) is 0. The molecule has 0 unspecified atom stereocenters. The number of hydrogen-bond donors (Lipinski definition) is 1. The Labute approximate surface area is 144 Å². The highest BCUT2D eigenvalue weighted by Crippen LogP contribution is 2.21. The molecule has 0 spiro atoms. The topological polar surface area (TPSA) is 44.7 Å². The summed E-state index contributed by atoms with van der Waals surface area (Å²) in [4.78, 5) is 18.7. The second kappa shape index (κ2) is 7.53. The number of nitrogens with zero attached hydrogens (tertiary/aromatic N) is 2. The molecular weight excluding hydrogens is 330 g/mol. The number of halogens is 1. The lowest BCUT2D eigenvalue weighted by molar-refractivity contribution is 0.236. The van der Waals surface area contributed by atoms with Gasteiger partial charge in [-0.3, -0.25) is 9.89 Å². The van der Waals surface area contributed by atoms with Crippen molar-refractivity contribution in [2.45, 2.75) is 6.54 Å². The van der Waals surface area contributed by atoms with E-state index in [0.29, 0.717) is 18.1 Å². The summed E-state index contributed by atoms with van der Waals surface area (Å²) in [5.41, 5.74) is 1.85. The Morgan fingerprint density at radius 1 is 1.17 bits per heavy atom. The number of aliphatic imine (C=N–C) groups is 1. The Hall–Kier alpha value is -1.98. The van der Waals surface area contributed by atoms with Crippen LogP contribution in [0.2, 0.25) is 5.02 Å². The molecule has 1 saturated heterocycles. The van der Waals surface area contributed by atoms with E-state index in [2.05, 4.69) is 10.3 Å². The Bertz CT molecular complexity index is 704. The molecule has 2 aromatic carbocycles. The molecular formula is C17H16ClN3OS. The minimum absolute atomic E-state index is 0.163. The normalized spacial score (nSPS) is 15.9. The fourth-order valence-electron chi connectivity index (χ4n) is 2.19. The molecule has 1 heterocycles. The maximum Gasteiger partial charge on any atom is 0.327 e. The van der Waals surface area contributed by atoms with Gasteiger partial charge in [0.05, 0.1) is 6.54 Å². The van der Waals surface area contributed by atoms with Crippen molar-refractivity contribution in [2.24, 2.45) is 4.99 Å². The Morgan fingerprint density at radius 2 is 1.91 bits per heavy atom. The van der Waals surface area contributed by atoms with Crippen LogP contribution in [-0.4, -0.2) is 28.4 Å². The molecule has 4 nitrogen and oxygen atoms in total. The highest BCUT2D eigenvalue weighted by molar-refractivity contribution is 8.14. The van der Waals surface area contributed by atoms with Crippen LogP contribution in [0.25, 0.3) is 0 Å². The van der Waals surface area contributed by atoms with Crippen molar-refractivity contribution in [2.75, 3.05) is 17.6 Å². The SMILES string of the molecule is O=C(Nc1ccc(Cl)cc1)N1CCSC1=NCc1ccccc1. The number of nitrogens with one attached hydrogen (secondary N) is 1. The molecule has 0 aliphatic carbocycles. The summed E-state index contributed by atoms with van der Waals surface area (Å²) >= 11 is 7.46. The third-order valence-corrected chi connectivity index (χ3v) is 4.60. The van der Waals surface area contributed by atoms with Crippen LogP contribution >= 0.6 is 23.4 Å². The van der Waals surface area contributed by atoms with E-state index in [1.807, 2.05) is 30.3 Å². The Kier molecular flexibility index (Phi) is 5.20. The monoisotopic (exact) mass is 345 g/mol. The number of amides is 2. The van der Waals surface area contributed by atoms with Crippen molar-refractivity contribution in [3.05, 3.63) is 65.2 Å². The maximum atomic E-state index is 12.4. The van der Waals surface area contributed by atoms with Crippen molar-refractivity contribution < 1.29 is 4.79 Å². The first-order valence-corrected chi connectivity index (χ1v) is 8.64. The van der Waals surface area contributed by atoms with E-state index >= 15 is 0 Å². The summed E-state index contributed by atoms with van der Waals surface area (Å²) in [5, 5.41) is 4.28. The predicted molar refractivity (Wildman–Crippen MR) is 97.2 cm³/mol. The number of amidine groups is 1. The first-order chi connectivity index (χ1) is 11.2. The molecule has 0 radical (unpaired) electrons. The number of hydrogen-bond acceptors (Lipinski definition) is 3. The minimum Gasteiger partial charge on any atom is -0.307 e. The molecule has 6 heteroatoms. The summed E-state index contributed by atoms with van der Waals surface area (Å²) in [6, 6.07) is 16.9. The zero-order chi connectivity index (χ0) is 16.1. The average Bonchev–Trinajstić information content (AvgIpc) is 3.05. The van der Waals surface area contributed by atoms with Crippen LogP contribution in [0, 0.1) is 0 Å². The number of carbonyl (C=O) groups is 1. The minimum atomic E-state index is -0.163. The standard InChI is InChI=1S/C17H16ClN3OS/c18-14-6-8-15(9-7-14)20-16(22)21-10-11-23-17(21)19-12-13-4-2-1-3-5-13/h1-9H,10-12H2,(H,20,22). The number of anilines is 1. The Balaban J connectivity index is 1.66. The maximum absolute atomic E-state index is 12.4. The quantitative estimate of drug-likeness (QED) is 0.891. The molecule has 0 aromatic heterocycles. The molecule has 2 aromatic rings. The predicted octanol–water partition coefficient (Wildman–Crippen LogP) is 4.48. The van der Waals surface area contributed by atoms with Crippen LogP contribution < -0.4 is 5.32 Å². The molecule has 1 N–H and O–H groups in total. The van der Waals surface area contributed by atoms with Gasteiger partial charge in [-0.05, 0) is 29.8 Å². The van der Waals surface area contributed by atoms with Gasteiger partial charge in [0.2, 0.25) is 0 Å². The van der Waals surface area contributed by atoms with E-state index in [0.717, 1.165) is 22.2 Å². The van der Waals surface area contributed by atoms with Crippen molar-refractivity contribution in [3.8, 4) is 0 Å². The molecule has 118 valence electrons. The van der Waals surface area contributed by atoms with Crippen molar-refractivity contribution in [3.63, 3.8) is 0 Å². The van der Waals surface area contributed by atoms with Crippen LogP contribution in [0.5, 0.6) is 0 Å². The first-order valence-electron chi connectivity index (χ1n) is 7.27. The van der Waals surface area contributed by atoms with Gasteiger partial charge < -0.3 is 5.32 Å². The molecule has 0 atom stereocenters. The summed E-state index contributed by atoms with van der Waals surface area (Å²) in [5.74, 6) is 0.863. The van der Waals surface area contributed by atoms with E-state index in [1.54, 1.807) is 40.9 Å². The zero-order valence-corrected chi connectivity index (χ0v) is 14.0. The fraction of sp³-hybridized carbons (Fsp3) is 0.176. The van der Waals surface area contributed by atoms with Crippen molar-refractivity contribution in [1.29, 1.82) is 0 Å². The van der Waals surface area contributed by atoms with Gasteiger partial charge in [0.1, 0.15) is 0 Å². The number of urea groups is 1. The molecule has 1 aliphatic rings. The lowest BCUT2D eigenvalue weighted by Gasteiger charge is -2.17. The van der Waals surface area contributed by atoms with Crippen LogP contribution in [0.3, 0.4) is 0 Å². The van der Waals surface area contributed by atoms with Gasteiger partial charge >= 0.3 is 6.03 Å². The lowest BCUT2D eigenvalue weighted by Crippen LogP contribution is -2.35. The van der Waals surface area contributed by atoms with E-state index in [9.17, 15) is 4.79 Å². The summed E-state index contributed by atoms with van der Waals surface area (Å²) in [6.07, 6.45) is 0. The lowest BCUT2D eigenvalue weighted by atomic mass is 10.2. The molecule has 2 amide bonds.